The van der Waals surface area contributed by atoms with Crippen molar-refractivity contribution in [2.75, 3.05) is 53.4 Å². The Morgan fingerprint density at radius 1 is 1.19 bits per heavy atom. The summed E-state index contributed by atoms with van der Waals surface area (Å²) in [6.07, 6.45) is 4.48. The number of guanidine groups is 1. The monoisotopic (exact) mass is 297 g/mol. The van der Waals surface area contributed by atoms with Gasteiger partial charge in [-0.15, -0.1) is 0 Å². The number of nitrogens with one attached hydrogen (secondary N) is 2. The van der Waals surface area contributed by atoms with Gasteiger partial charge in [-0.05, 0) is 32.9 Å². The van der Waals surface area contributed by atoms with Crippen LogP contribution in [-0.4, -0.2) is 75.0 Å². The minimum absolute atomic E-state index is 0.131. The molecule has 1 aliphatic heterocycles. The highest BCUT2D eigenvalue weighted by Crippen LogP contribution is 2.07. The molecule has 0 unspecified atom stereocenters. The molecule has 1 saturated heterocycles. The second-order valence-corrected chi connectivity index (χ2v) is 5.63. The highest BCUT2D eigenvalue weighted by atomic mass is 16.2. The predicted molar refractivity (Wildman–Crippen MR) is 87.6 cm³/mol. The van der Waals surface area contributed by atoms with Gasteiger partial charge in [0.1, 0.15) is 0 Å². The van der Waals surface area contributed by atoms with Gasteiger partial charge < -0.3 is 20.4 Å². The molecule has 0 aromatic carbocycles. The van der Waals surface area contributed by atoms with E-state index in [9.17, 15) is 4.79 Å². The Bertz CT molecular complexity index is 324. The van der Waals surface area contributed by atoms with Crippen LogP contribution in [0.4, 0.5) is 0 Å². The average Bonchev–Trinajstić information content (AvgIpc) is 2.48. The molecule has 6 nitrogen and oxygen atoms in total. The lowest BCUT2D eigenvalue weighted by molar-refractivity contribution is -0.128. The summed E-state index contributed by atoms with van der Waals surface area (Å²) in [5.74, 6) is 0.938. The number of carbonyl (C=O) groups is 1. The van der Waals surface area contributed by atoms with Crippen molar-refractivity contribution in [3.63, 3.8) is 0 Å². The molecule has 0 aromatic rings. The van der Waals surface area contributed by atoms with Crippen molar-refractivity contribution in [1.29, 1.82) is 0 Å². The molecule has 0 saturated carbocycles. The molecule has 2 N–H and O–H groups in total. The Kier molecular flexibility index (Phi) is 8.82. The number of hydrogen-bond acceptors (Lipinski definition) is 3. The third-order valence-corrected chi connectivity index (χ3v) is 3.61. The van der Waals surface area contributed by atoms with Gasteiger partial charge in [0.25, 0.3) is 0 Å². The fraction of sp³-hybridized carbons (Fsp3) is 0.867. The Morgan fingerprint density at radius 2 is 1.90 bits per heavy atom. The summed E-state index contributed by atoms with van der Waals surface area (Å²) < 4.78 is 0. The predicted octanol–water partition coefficient (Wildman–Crippen LogP) is 0.506. The van der Waals surface area contributed by atoms with Crippen molar-refractivity contribution in [2.24, 2.45) is 4.99 Å². The van der Waals surface area contributed by atoms with Gasteiger partial charge in [0.2, 0.25) is 5.91 Å². The van der Waals surface area contributed by atoms with Crippen molar-refractivity contribution in [2.45, 2.75) is 32.6 Å². The first-order valence-corrected chi connectivity index (χ1v) is 8.08. The second-order valence-electron chi connectivity index (χ2n) is 5.63. The van der Waals surface area contributed by atoms with Crippen LogP contribution < -0.4 is 10.6 Å². The molecule has 1 heterocycles. The molecule has 6 heteroatoms. The lowest BCUT2D eigenvalue weighted by atomic mass is 10.1. The van der Waals surface area contributed by atoms with Gasteiger partial charge in [0.05, 0.1) is 6.54 Å². The van der Waals surface area contributed by atoms with Crippen LogP contribution in [0.2, 0.25) is 0 Å². The van der Waals surface area contributed by atoms with E-state index in [2.05, 4.69) is 20.5 Å². The number of likely N-dealkylation sites (tertiary alicyclic amines) is 1. The molecule has 0 aromatic heterocycles. The van der Waals surface area contributed by atoms with Gasteiger partial charge in [-0.2, -0.15) is 0 Å². The van der Waals surface area contributed by atoms with E-state index in [1.165, 1.54) is 32.4 Å². The third kappa shape index (κ3) is 7.90. The maximum absolute atomic E-state index is 11.5. The Morgan fingerprint density at radius 3 is 2.52 bits per heavy atom. The second kappa shape index (κ2) is 10.4. The lowest BCUT2D eigenvalue weighted by Crippen LogP contribution is -2.40. The first-order chi connectivity index (χ1) is 10.1. The minimum atomic E-state index is 0.131. The van der Waals surface area contributed by atoms with Crippen LogP contribution in [0.5, 0.6) is 0 Å². The smallest absolute Gasteiger partial charge is 0.223 e. The van der Waals surface area contributed by atoms with Crippen molar-refractivity contribution >= 4 is 11.9 Å². The number of aliphatic imine (C=N–C) groups is 1. The Balaban J connectivity index is 2.26. The normalized spacial score (nSPS) is 16.6. The van der Waals surface area contributed by atoms with E-state index in [0.717, 1.165) is 25.6 Å². The van der Waals surface area contributed by atoms with E-state index < -0.39 is 0 Å². The molecule has 122 valence electrons. The topological polar surface area (TPSA) is 60.0 Å². The van der Waals surface area contributed by atoms with Crippen LogP contribution in [0.15, 0.2) is 4.99 Å². The molecule has 1 fully saturated rings. The van der Waals surface area contributed by atoms with Gasteiger partial charge in [-0.3, -0.25) is 9.79 Å². The lowest BCUT2D eigenvalue weighted by Gasteiger charge is -2.25. The van der Waals surface area contributed by atoms with Gasteiger partial charge in [-0.25, -0.2) is 0 Å². The van der Waals surface area contributed by atoms with Gasteiger partial charge in [0.15, 0.2) is 5.96 Å². The zero-order valence-electron chi connectivity index (χ0n) is 13.8. The number of rotatable bonds is 7. The fourth-order valence-corrected chi connectivity index (χ4v) is 2.34. The van der Waals surface area contributed by atoms with Gasteiger partial charge >= 0.3 is 0 Å². The molecule has 21 heavy (non-hydrogen) atoms. The van der Waals surface area contributed by atoms with E-state index in [1.807, 2.05) is 6.92 Å². The third-order valence-electron chi connectivity index (χ3n) is 3.61. The highest BCUT2D eigenvalue weighted by molar-refractivity contribution is 5.81. The van der Waals surface area contributed by atoms with Crippen molar-refractivity contribution in [3.05, 3.63) is 0 Å². The van der Waals surface area contributed by atoms with Crippen molar-refractivity contribution in [1.82, 2.24) is 20.4 Å². The van der Waals surface area contributed by atoms with Gasteiger partial charge in [-0.1, -0.05) is 6.42 Å². The maximum Gasteiger partial charge on any atom is 0.223 e. The van der Waals surface area contributed by atoms with Crippen molar-refractivity contribution < 1.29 is 4.79 Å². The molecule has 1 rings (SSSR count). The first kappa shape index (κ1) is 17.8. The quantitative estimate of drug-likeness (QED) is 0.531. The molecule has 0 atom stereocenters. The number of piperidine rings is 1. The molecule has 0 radical (unpaired) electrons. The SMILES string of the molecule is CCNC(=NCCN1CCCCC1)NCCC(=O)N(C)C. The first-order valence-electron chi connectivity index (χ1n) is 8.08. The summed E-state index contributed by atoms with van der Waals surface area (Å²) in [6.45, 7) is 7.73. The van der Waals surface area contributed by atoms with Crippen molar-refractivity contribution in [3.8, 4) is 0 Å². The number of carbonyl (C=O) groups excluding carboxylic acids is 1. The van der Waals surface area contributed by atoms with Crippen LogP contribution in [0.1, 0.15) is 32.6 Å². The van der Waals surface area contributed by atoms with E-state index in [4.69, 9.17) is 0 Å². The Labute approximate surface area is 129 Å². The molecule has 0 spiro atoms. The zero-order valence-corrected chi connectivity index (χ0v) is 13.8. The van der Waals surface area contributed by atoms with Crippen LogP contribution in [0.3, 0.4) is 0 Å². The summed E-state index contributed by atoms with van der Waals surface area (Å²) in [6, 6.07) is 0. The Hall–Kier alpha value is -1.30. The van der Waals surface area contributed by atoms with Gasteiger partial charge in [0, 0.05) is 40.2 Å². The maximum atomic E-state index is 11.5. The number of nitrogens with zero attached hydrogens (tertiary/aromatic N) is 3. The van der Waals surface area contributed by atoms with E-state index in [1.54, 1.807) is 19.0 Å². The van der Waals surface area contributed by atoms with Crippen LogP contribution in [0.25, 0.3) is 0 Å². The largest absolute Gasteiger partial charge is 0.357 e. The molecular weight excluding hydrogens is 266 g/mol. The summed E-state index contributed by atoms with van der Waals surface area (Å²) in [5, 5.41) is 6.44. The highest BCUT2D eigenvalue weighted by Gasteiger charge is 2.09. The summed E-state index contributed by atoms with van der Waals surface area (Å²) >= 11 is 0. The number of amides is 1. The minimum Gasteiger partial charge on any atom is -0.357 e. The van der Waals surface area contributed by atoms with Crippen LogP contribution in [0, 0.1) is 0 Å². The molecular formula is C15H31N5O. The van der Waals surface area contributed by atoms with E-state index in [-0.39, 0.29) is 5.91 Å². The van der Waals surface area contributed by atoms with E-state index in [0.29, 0.717) is 13.0 Å². The summed E-state index contributed by atoms with van der Waals surface area (Å²) in [4.78, 5) is 20.2. The number of hydrogen-bond donors (Lipinski definition) is 2. The van der Waals surface area contributed by atoms with E-state index >= 15 is 0 Å². The molecule has 1 amide bonds. The molecule has 0 bridgehead atoms. The standard InChI is InChI=1S/C15H31N5O/c1-4-16-15(17-9-8-14(21)19(2)3)18-10-13-20-11-6-5-7-12-20/h4-13H2,1-3H3,(H2,16,17,18). The summed E-state index contributed by atoms with van der Waals surface area (Å²) in [7, 11) is 3.56. The zero-order chi connectivity index (χ0) is 15.5. The average molecular weight is 297 g/mol. The molecule has 0 aliphatic carbocycles. The van der Waals surface area contributed by atoms with Crippen LogP contribution >= 0.6 is 0 Å². The fourth-order valence-electron chi connectivity index (χ4n) is 2.34. The summed E-state index contributed by atoms with van der Waals surface area (Å²) in [5.41, 5.74) is 0. The van der Waals surface area contributed by atoms with Crippen LogP contribution in [-0.2, 0) is 4.79 Å². The molecule has 1 aliphatic rings.